The molecule has 0 aliphatic carbocycles. The van der Waals surface area contributed by atoms with Crippen molar-refractivity contribution in [3.8, 4) is 34.1 Å². The van der Waals surface area contributed by atoms with Crippen molar-refractivity contribution in [2.24, 2.45) is 9.98 Å². The summed E-state index contributed by atoms with van der Waals surface area (Å²) < 4.78 is 37.7. The maximum absolute atomic E-state index is 6.96. The van der Waals surface area contributed by atoms with E-state index in [0.717, 1.165) is 143 Å². The van der Waals surface area contributed by atoms with Crippen molar-refractivity contribution in [3.05, 3.63) is 163 Å². The van der Waals surface area contributed by atoms with Crippen molar-refractivity contribution in [3.63, 3.8) is 0 Å². The van der Waals surface area contributed by atoms with Crippen LogP contribution < -0.4 is 29.6 Å². The average molecular weight is 982 g/mol. The van der Waals surface area contributed by atoms with Gasteiger partial charge in [0.15, 0.2) is 0 Å². The highest BCUT2D eigenvalue weighted by Gasteiger charge is 2.21. The molecule has 0 saturated carbocycles. The highest BCUT2D eigenvalue weighted by atomic mass is 35.5. The predicted molar refractivity (Wildman–Crippen MR) is 274 cm³/mol. The summed E-state index contributed by atoms with van der Waals surface area (Å²) in [5.74, 6) is 2.48. The molecule has 0 radical (unpaired) electrons. The van der Waals surface area contributed by atoms with Crippen molar-refractivity contribution in [1.29, 1.82) is 0 Å². The van der Waals surface area contributed by atoms with Crippen LogP contribution in [0.15, 0.2) is 108 Å². The molecule has 6 heterocycles. The third kappa shape index (κ3) is 12.2. The third-order valence-electron chi connectivity index (χ3n) is 13.3. The van der Waals surface area contributed by atoms with Crippen LogP contribution in [-0.4, -0.2) is 73.0 Å². The van der Waals surface area contributed by atoms with Crippen LogP contribution in [0.3, 0.4) is 0 Å². The van der Waals surface area contributed by atoms with Gasteiger partial charge in [0.1, 0.15) is 49.4 Å². The molecule has 4 aliphatic rings. The summed E-state index contributed by atoms with van der Waals surface area (Å²) in [6.07, 6.45) is 12.1. The second-order valence-corrected chi connectivity index (χ2v) is 19.2. The highest BCUT2D eigenvalue weighted by molar-refractivity contribution is 6.32. The molecule has 0 spiro atoms. The monoisotopic (exact) mass is 980 g/mol. The molecule has 10 rings (SSSR count). The Balaban J connectivity index is 0.827. The number of nitrogens with one attached hydrogen (secondary N) is 2. The topological polar surface area (TPSA) is 130 Å². The lowest BCUT2D eigenvalue weighted by atomic mass is 9.92. The van der Waals surface area contributed by atoms with E-state index < -0.39 is 0 Å². The zero-order valence-electron chi connectivity index (χ0n) is 39.7. The van der Waals surface area contributed by atoms with Crippen LogP contribution in [0, 0.1) is 13.8 Å². The molecule has 4 aromatic carbocycles. The molecule has 2 saturated heterocycles. The molecule has 2 fully saturated rings. The first kappa shape index (κ1) is 47.8. The van der Waals surface area contributed by atoms with Crippen molar-refractivity contribution < 1.29 is 28.4 Å². The summed E-state index contributed by atoms with van der Waals surface area (Å²) in [4.78, 5) is 17.5. The lowest BCUT2D eigenvalue weighted by Crippen LogP contribution is -2.26. The van der Waals surface area contributed by atoms with E-state index in [-0.39, 0.29) is 12.2 Å². The van der Waals surface area contributed by atoms with Gasteiger partial charge in [-0.2, -0.15) is 0 Å². The average Bonchev–Trinajstić information content (AvgIpc) is 4.30. The molecule has 70 heavy (non-hydrogen) atoms. The Hall–Kier alpha value is -5.86. The van der Waals surface area contributed by atoms with Gasteiger partial charge in [-0.15, -0.1) is 0 Å². The zero-order valence-corrected chi connectivity index (χ0v) is 41.2. The molecule has 0 bridgehead atoms. The molecular weight excluding hydrogens is 924 g/mol. The molecule has 2 atom stereocenters. The Morgan fingerprint density at radius 3 is 1.40 bits per heavy atom. The Bertz CT molecular complexity index is 2700. The summed E-state index contributed by atoms with van der Waals surface area (Å²) in [6.45, 7) is 11.4. The van der Waals surface area contributed by atoms with Gasteiger partial charge in [0.05, 0.1) is 46.8 Å². The summed E-state index contributed by atoms with van der Waals surface area (Å²) in [7, 11) is 0. The maximum Gasteiger partial charge on any atom is 0.142 e. The number of halogens is 2. The Morgan fingerprint density at radius 1 is 0.543 bits per heavy atom. The molecule has 6 aromatic rings. The number of ether oxygens (including phenoxy) is 6. The largest absolute Gasteiger partial charge is 0.488 e. The first-order chi connectivity index (χ1) is 34.3. The van der Waals surface area contributed by atoms with E-state index in [4.69, 9.17) is 51.6 Å². The van der Waals surface area contributed by atoms with E-state index in [1.165, 1.54) is 0 Å². The minimum absolute atomic E-state index is 0.216. The van der Waals surface area contributed by atoms with Gasteiger partial charge in [-0.05, 0) is 97.2 Å². The van der Waals surface area contributed by atoms with Gasteiger partial charge in [0, 0.05) is 110 Å². The quantitative estimate of drug-likeness (QED) is 0.0640. The molecule has 362 valence electrons. The number of nitrogens with zero attached hydrogens (tertiary/aromatic N) is 4. The Morgan fingerprint density at radius 2 is 0.986 bits per heavy atom. The van der Waals surface area contributed by atoms with Gasteiger partial charge in [0.25, 0.3) is 0 Å². The Labute approximate surface area is 419 Å². The van der Waals surface area contributed by atoms with Crippen molar-refractivity contribution in [2.75, 3.05) is 39.4 Å². The number of rotatable bonds is 23. The van der Waals surface area contributed by atoms with Crippen molar-refractivity contribution in [1.82, 2.24) is 20.6 Å². The van der Waals surface area contributed by atoms with E-state index >= 15 is 0 Å². The van der Waals surface area contributed by atoms with Gasteiger partial charge >= 0.3 is 0 Å². The van der Waals surface area contributed by atoms with Gasteiger partial charge in [-0.3, -0.25) is 20.0 Å². The molecule has 14 heteroatoms. The van der Waals surface area contributed by atoms with Gasteiger partial charge in [-0.25, -0.2) is 0 Å². The number of aromatic nitrogens is 2. The first-order valence-corrected chi connectivity index (χ1v) is 25.0. The minimum atomic E-state index is 0.216. The van der Waals surface area contributed by atoms with Crippen LogP contribution >= 0.6 is 23.2 Å². The van der Waals surface area contributed by atoms with Gasteiger partial charge < -0.3 is 39.1 Å². The SMILES string of the molecule is Cc1c(COc2cc(OCc3cncc(C4=NC4)c3)c(CNCC3CCCO3)cc2Cl)cccc1-c1cccc(COc2cc(OCc3cncc(C4=NC4)c3)c(CNCC3CCCO3)cc2Cl)c1C. The minimum Gasteiger partial charge on any atom is -0.488 e. The van der Waals surface area contributed by atoms with E-state index in [9.17, 15) is 0 Å². The zero-order chi connectivity index (χ0) is 47.8. The Kier molecular flexibility index (Phi) is 15.4. The molecule has 2 aromatic heterocycles. The van der Waals surface area contributed by atoms with Crippen LogP contribution in [0.4, 0.5) is 0 Å². The van der Waals surface area contributed by atoms with Crippen LogP contribution in [0.5, 0.6) is 23.0 Å². The molecule has 0 amide bonds. The number of hydrogen-bond donors (Lipinski definition) is 2. The predicted octanol–water partition coefficient (Wildman–Crippen LogP) is 10.5. The van der Waals surface area contributed by atoms with Crippen LogP contribution in [0.1, 0.15) is 81.3 Å². The highest BCUT2D eigenvalue weighted by Crippen LogP contribution is 2.38. The molecule has 12 nitrogen and oxygen atoms in total. The summed E-state index contributed by atoms with van der Waals surface area (Å²) in [6, 6.07) is 24.5. The van der Waals surface area contributed by atoms with Crippen LogP contribution in [0.25, 0.3) is 11.1 Å². The smallest absolute Gasteiger partial charge is 0.142 e. The standard InChI is InChI=1S/C56H58Cl2N6O6/c1-35-39(33-69-55-19-53(67-31-37-15-41(23-59-21-37)51-29-63-51)43(17-49(55)57)25-61-27-45-9-5-13-65-45)7-3-11-47(35)48-12-4-8-40(36(48)2)34-70-56-20-54(68-32-38-16-42(24-60-22-38)52-30-64-52)44(18-50(56)58)26-62-28-46-10-6-14-66-46/h3-4,7-8,11-12,15-24,45-46,61-62H,5-6,9-10,13-14,25-34H2,1-2H3. The van der Waals surface area contributed by atoms with E-state index in [1.807, 2.05) is 49.1 Å². The lowest BCUT2D eigenvalue weighted by Gasteiger charge is -2.19. The summed E-state index contributed by atoms with van der Waals surface area (Å²) >= 11 is 13.9. The van der Waals surface area contributed by atoms with Crippen molar-refractivity contribution in [2.45, 2.75) is 91.3 Å². The summed E-state index contributed by atoms with van der Waals surface area (Å²) in [5, 5.41) is 8.12. The number of pyridine rings is 2. The van der Waals surface area contributed by atoms with Gasteiger partial charge in [0.2, 0.25) is 0 Å². The second-order valence-electron chi connectivity index (χ2n) is 18.3. The number of aliphatic imine (C=N–C) groups is 2. The number of hydrogen-bond acceptors (Lipinski definition) is 12. The van der Waals surface area contributed by atoms with Crippen LogP contribution in [-0.2, 0) is 49.0 Å². The molecule has 2 N–H and O–H groups in total. The maximum atomic E-state index is 6.96. The molecular formula is C56H58Cl2N6O6. The third-order valence-corrected chi connectivity index (χ3v) is 13.9. The fraction of sp³-hybridized carbons (Fsp3) is 0.357. The normalized spacial score (nSPS) is 17.0. The van der Waals surface area contributed by atoms with E-state index in [1.54, 1.807) is 0 Å². The fourth-order valence-electron chi connectivity index (χ4n) is 9.05. The molecule has 2 unspecified atom stereocenters. The van der Waals surface area contributed by atoms with Crippen molar-refractivity contribution >= 4 is 34.6 Å². The van der Waals surface area contributed by atoms with Gasteiger partial charge in [-0.1, -0.05) is 59.6 Å². The lowest BCUT2D eigenvalue weighted by molar-refractivity contribution is 0.109. The molecule has 4 aliphatic heterocycles. The van der Waals surface area contributed by atoms with E-state index in [2.05, 4.69) is 93.0 Å². The summed E-state index contributed by atoms with van der Waals surface area (Å²) in [5.41, 5.74) is 14.5. The number of benzene rings is 4. The fourth-order valence-corrected chi connectivity index (χ4v) is 9.54. The first-order valence-electron chi connectivity index (χ1n) is 24.2. The van der Waals surface area contributed by atoms with E-state index in [0.29, 0.717) is 72.6 Å². The second kappa shape index (κ2) is 22.5. The van der Waals surface area contributed by atoms with Crippen LogP contribution in [0.2, 0.25) is 10.0 Å².